The number of amides is 2. The van der Waals surface area contributed by atoms with Crippen molar-refractivity contribution in [3.8, 4) is 0 Å². The Morgan fingerprint density at radius 3 is 2.50 bits per heavy atom. The SMILES string of the molecule is CC1NC(=O)C(C)N(c2cccc3ccccc23)C1=O. The van der Waals surface area contributed by atoms with Gasteiger partial charge in [-0.15, -0.1) is 0 Å². The van der Waals surface area contributed by atoms with E-state index in [1.807, 2.05) is 42.5 Å². The Bertz CT molecular complexity index is 690. The number of piperazine rings is 1. The van der Waals surface area contributed by atoms with Crippen molar-refractivity contribution in [2.75, 3.05) is 4.90 Å². The summed E-state index contributed by atoms with van der Waals surface area (Å²) in [6.07, 6.45) is 0. The average molecular weight is 268 g/mol. The second-order valence-electron chi connectivity index (χ2n) is 5.11. The highest BCUT2D eigenvalue weighted by atomic mass is 16.2. The molecule has 2 amide bonds. The molecule has 0 spiro atoms. The van der Waals surface area contributed by atoms with Crippen LogP contribution in [-0.2, 0) is 9.59 Å². The molecule has 2 aromatic carbocycles. The van der Waals surface area contributed by atoms with Gasteiger partial charge in [-0.05, 0) is 25.3 Å². The number of rotatable bonds is 1. The van der Waals surface area contributed by atoms with Crippen molar-refractivity contribution in [1.82, 2.24) is 5.32 Å². The Balaban J connectivity index is 2.18. The summed E-state index contributed by atoms with van der Waals surface area (Å²) in [6.45, 7) is 3.46. The molecule has 0 saturated carbocycles. The van der Waals surface area contributed by atoms with Crippen LogP contribution in [0.3, 0.4) is 0 Å². The van der Waals surface area contributed by atoms with E-state index in [4.69, 9.17) is 0 Å². The largest absolute Gasteiger partial charge is 0.343 e. The molecule has 2 unspecified atom stereocenters. The highest BCUT2D eigenvalue weighted by Crippen LogP contribution is 2.29. The van der Waals surface area contributed by atoms with Gasteiger partial charge in [0.05, 0.1) is 5.69 Å². The minimum absolute atomic E-state index is 0.0755. The molecule has 2 atom stereocenters. The van der Waals surface area contributed by atoms with Crippen LogP contribution in [0.2, 0.25) is 0 Å². The summed E-state index contributed by atoms with van der Waals surface area (Å²) >= 11 is 0. The molecule has 20 heavy (non-hydrogen) atoms. The molecule has 3 rings (SSSR count). The first-order valence-electron chi connectivity index (χ1n) is 6.71. The maximum atomic E-state index is 12.4. The van der Waals surface area contributed by atoms with E-state index < -0.39 is 12.1 Å². The number of hydrogen-bond donors (Lipinski definition) is 1. The third-order valence-electron chi connectivity index (χ3n) is 3.76. The van der Waals surface area contributed by atoms with Crippen LogP contribution >= 0.6 is 0 Å². The predicted octanol–water partition coefficient (Wildman–Crippen LogP) is 2.08. The quantitative estimate of drug-likeness (QED) is 0.861. The maximum absolute atomic E-state index is 12.4. The van der Waals surface area contributed by atoms with Crippen molar-refractivity contribution >= 4 is 28.3 Å². The fourth-order valence-electron chi connectivity index (χ4n) is 2.66. The van der Waals surface area contributed by atoms with Crippen molar-refractivity contribution in [2.24, 2.45) is 0 Å². The summed E-state index contributed by atoms with van der Waals surface area (Å²) in [4.78, 5) is 26.0. The van der Waals surface area contributed by atoms with Gasteiger partial charge in [0.1, 0.15) is 12.1 Å². The normalized spacial score (nSPS) is 23.0. The van der Waals surface area contributed by atoms with Gasteiger partial charge in [0.2, 0.25) is 11.8 Å². The van der Waals surface area contributed by atoms with Crippen molar-refractivity contribution in [3.05, 3.63) is 42.5 Å². The van der Waals surface area contributed by atoms with Crippen molar-refractivity contribution in [1.29, 1.82) is 0 Å². The summed E-state index contributed by atoms with van der Waals surface area (Å²) in [5.41, 5.74) is 0.794. The third kappa shape index (κ3) is 1.84. The van der Waals surface area contributed by atoms with Gasteiger partial charge in [-0.1, -0.05) is 36.4 Å². The number of carbonyl (C=O) groups is 2. The predicted molar refractivity (Wildman–Crippen MR) is 78.5 cm³/mol. The van der Waals surface area contributed by atoms with E-state index in [0.717, 1.165) is 16.5 Å². The molecule has 0 aromatic heterocycles. The number of nitrogens with one attached hydrogen (secondary N) is 1. The molecule has 1 fully saturated rings. The molecular weight excluding hydrogens is 252 g/mol. The van der Waals surface area contributed by atoms with Crippen LogP contribution in [0.25, 0.3) is 10.8 Å². The van der Waals surface area contributed by atoms with Crippen molar-refractivity contribution in [3.63, 3.8) is 0 Å². The molecular formula is C16H16N2O2. The molecule has 4 heteroatoms. The summed E-state index contributed by atoms with van der Waals surface area (Å²) in [6, 6.07) is 12.7. The van der Waals surface area contributed by atoms with Crippen molar-refractivity contribution < 1.29 is 9.59 Å². The van der Waals surface area contributed by atoms with Gasteiger partial charge >= 0.3 is 0 Å². The standard InChI is InChI=1S/C16H16N2O2/c1-10-16(20)18(11(2)15(19)17-10)14-9-5-7-12-6-3-4-8-13(12)14/h3-11H,1-2H3,(H,17,19). The Hall–Kier alpha value is -2.36. The molecule has 102 valence electrons. The van der Waals surface area contributed by atoms with E-state index >= 15 is 0 Å². The molecule has 0 radical (unpaired) electrons. The van der Waals surface area contributed by atoms with Gasteiger partial charge in [0.25, 0.3) is 0 Å². The lowest BCUT2D eigenvalue weighted by molar-refractivity contribution is -0.133. The van der Waals surface area contributed by atoms with Crippen LogP contribution in [-0.4, -0.2) is 23.9 Å². The van der Waals surface area contributed by atoms with E-state index in [1.54, 1.807) is 18.7 Å². The molecule has 1 heterocycles. The molecule has 1 aliphatic rings. The van der Waals surface area contributed by atoms with E-state index in [2.05, 4.69) is 5.32 Å². The minimum atomic E-state index is -0.496. The van der Waals surface area contributed by atoms with Crippen LogP contribution in [0.4, 0.5) is 5.69 Å². The third-order valence-corrected chi connectivity index (χ3v) is 3.76. The number of nitrogens with zero attached hydrogens (tertiary/aromatic N) is 1. The van der Waals surface area contributed by atoms with Crippen LogP contribution in [0.15, 0.2) is 42.5 Å². The summed E-state index contributed by atoms with van der Waals surface area (Å²) in [5.74, 6) is -0.196. The molecule has 1 N–H and O–H groups in total. The minimum Gasteiger partial charge on any atom is -0.343 e. The van der Waals surface area contributed by atoms with Crippen molar-refractivity contribution in [2.45, 2.75) is 25.9 Å². The first-order chi connectivity index (χ1) is 9.59. The zero-order valence-corrected chi connectivity index (χ0v) is 11.5. The zero-order chi connectivity index (χ0) is 14.3. The summed E-state index contributed by atoms with van der Waals surface area (Å²) in [7, 11) is 0. The summed E-state index contributed by atoms with van der Waals surface area (Å²) < 4.78 is 0. The smallest absolute Gasteiger partial charge is 0.250 e. The number of anilines is 1. The molecule has 1 saturated heterocycles. The van der Waals surface area contributed by atoms with Crippen LogP contribution in [0.5, 0.6) is 0 Å². The van der Waals surface area contributed by atoms with Gasteiger partial charge < -0.3 is 5.32 Å². The molecule has 1 aliphatic heterocycles. The second kappa shape index (κ2) is 4.63. The Labute approximate surface area is 117 Å². The molecule has 4 nitrogen and oxygen atoms in total. The second-order valence-corrected chi connectivity index (χ2v) is 5.11. The monoisotopic (exact) mass is 268 g/mol. The van der Waals surface area contributed by atoms with E-state index in [0.29, 0.717) is 0 Å². The van der Waals surface area contributed by atoms with Gasteiger partial charge in [-0.2, -0.15) is 0 Å². The van der Waals surface area contributed by atoms with Gasteiger partial charge in [-0.25, -0.2) is 0 Å². The lowest BCUT2D eigenvalue weighted by atomic mass is 10.0. The average Bonchev–Trinajstić information content (AvgIpc) is 2.46. The number of hydrogen-bond acceptors (Lipinski definition) is 2. The fraction of sp³-hybridized carbons (Fsp3) is 0.250. The van der Waals surface area contributed by atoms with Crippen LogP contribution in [0.1, 0.15) is 13.8 Å². The molecule has 2 aromatic rings. The summed E-state index contributed by atoms with van der Waals surface area (Å²) in [5, 5.41) is 4.74. The Kier molecular flexibility index (Phi) is 2.93. The lowest BCUT2D eigenvalue weighted by Crippen LogP contribution is -2.61. The Morgan fingerprint density at radius 2 is 1.70 bits per heavy atom. The number of carbonyl (C=O) groups excluding carboxylic acids is 2. The maximum Gasteiger partial charge on any atom is 0.250 e. The zero-order valence-electron chi connectivity index (χ0n) is 11.5. The topological polar surface area (TPSA) is 49.4 Å². The van der Waals surface area contributed by atoms with E-state index in [1.165, 1.54) is 0 Å². The van der Waals surface area contributed by atoms with Crippen LogP contribution in [0, 0.1) is 0 Å². The van der Waals surface area contributed by atoms with E-state index in [9.17, 15) is 9.59 Å². The van der Waals surface area contributed by atoms with Gasteiger partial charge in [0.15, 0.2) is 0 Å². The highest BCUT2D eigenvalue weighted by Gasteiger charge is 2.37. The number of benzene rings is 2. The first kappa shape index (κ1) is 12.7. The van der Waals surface area contributed by atoms with Gasteiger partial charge in [0, 0.05) is 5.39 Å². The van der Waals surface area contributed by atoms with E-state index in [-0.39, 0.29) is 11.8 Å². The fourth-order valence-corrected chi connectivity index (χ4v) is 2.66. The molecule has 0 bridgehead atoms. The lowest BCUT2D eigenvalue weighted by Gasteiger charge is -2.36. The van der Waals surface area contributed by atoms with Crippen LogP contribution < -0.4 is 10.2 Å². The molecule has 0 aliphatic carbocycles. The van der Waals surface area contributed by atoms with Gasteiger partial charge in [-0.3, -0.25) is 14.5 Å². The Morgan fingerprint density at radius 1 is 1.00 bits per heavy atom. The number of fused-ring (bicyclic) bond motifs is 1. The highest BCUT2D eigenvalue weighted by molar-refractivity contribution is 6.12. The first-order valence-corrected chi connectivity index (χ1v) is 6.71.